The van der Waals surface area contributed by atoms with Gasteiger partial charge in [0.25, 0.3) is 0 Å². The van der Waals surface area contributed by atoms with Gasteiger partial charge in [0.2, 0.25) is 5.91 Å². The number of hydrogen-bond donors (Lipinski definition) is 2. The number of ether oxygens (including phenoxy) is 1. The molecule has 0 aliphatic heterocycles. The SMILES string of the molecule is C=CC(=O)NC(C)OC(=O)C(=C)CC(=O)O. The molecule has 88 valence electrons. The van der Waals surface area contributed by atoms with Crippen molar-refractivity contribution >= 4 is 17.8 Å². The van der Waals surface area contributed by atoms with Gasteiger partial charge < -0.3 is 15.2 Å². The van der Waals surface area contributed by atoms with E-state index in [2.05, 4.69) is 18.5 Å². The first-order valence-corrected chi connectivity index (χ1v) is 4.40. The van der Waals surface area contributed by atoms with Crippen LogP contribution < -0.4 is 5.32 Å². The molecule has 0 aliphatic carbocycles. The van der Waals surface area contributed by atoms with E-state index in [4.69, 9.17) is 9.84 Å². The fraction of sp³-hybridized carbons (Fsp3) is 0.300. The van der Waals surface area contributed by atoms with E-state index in [0.717, 1.165) is 6.08 Å². The van der Waals surface area contributed by atoms with Gasteiger partial charge in [0.15, 0.2) is 6.23 Å². The van der Waals surface area contributed by atoms with E-state index in [1.165, 1.54) is 6.92 Å². The second-order valence-corrected chi connectivity index (χ2v) is 2.93. The second kappa shape index (κ2) is 6.39. The molecule has 1 atom stereocenters. The minimum Gasteiger partial charge on any atom is -0.481 e. The molecule has 0 rings (SSSR count). The van der Waals surface area contributed by atoms with Gasteiger partial charge in [-0.2, -0.15) is 0 Å². The number of aliphatic carboxylic acids is 1. The van der Waals surface area contributed by atoms with Crippen LogP contribution in [0.5, 0.6) is 0 Å². The number of nitrogens with one attached hydrogen (secondary N) is 1. The summed E-state index contributed by atoms with van der Waals surface area (Å²) in [6.45, 7) is 7.90. The maximum atomic E-state index is 11.2. The van der Waals surface area contributed by atoms with E-state index in [1.807, 2.05) is 0 Å². The smallest absolute Gasteiger partial charge is 0.335 e. The fourth-order valence-corrected chi connectivity index (χ4v) is 0.787. The van der Waals surface area contributed by atoms with Crippen molar-refractivity contribution in [1.29, 1.82) is 0 Å². The van der Waals surface area contributed by atoms with Crippen LogP contribution in [0.25, 0.3) is 0 Å². The van der Waals surface area contributed by atoms with Gasteiger partial charge in [-0.05, 0) is 13.0 Å². The summed E-state index contributed by atoms with van der Waals surface area (Å²) in [5, 5.41) is 10.7. The average molecular weight is 227 g/mol. The summed E-state index contributed by atoms with van der Waals surface area (Å²) in [6.07, 6.45) is -0.347. The molecule has 16 heavy (non-hydrogen) atoms. The third-order valence-electron chi connectivity index (χ3n) is 1.47. The Bertz CT molecular complexity index is 334. The Kier molecular flexibility index (Phi) is 5.55. The van der Waals surface area contributed by atoms with Gasteiger partial charge in [-0.25, -0.2) is 4.79 Å². The Morgan fingerprint density at radius 3 is 2.50 bits per heavy atom. The van der Waals surface area contributed by atoms with Crippen molar-refractivity contribution in [2.45, 2.75) is 19.6 Å². The molecule has 6 nitrogen and oxygen atoms in total. The number of carboxylic acids is 1. The molecule has 0 fully saturated rings. The lowest BCUT2D eigenvalue weighted by Gasteiger charge is -2.14. The van der Waals surface area contributed by atoms with Crippen LogP contribution >= 0.6 is 0 Å². The molecular weight excluding hydrogens is 214 g/mol. The highest BCUT2D eigenvalue weighted by atomic mass is 16.6. The molecule has 0 saturated heterocycles. The molecule has 0 spiro atoms. The molecule has 6 heteroatoms. The molecular formula is C10H13NO5. The van der Waals surface area contributed by atoms with Gasteiger partial charge in [0, 0.05) is 5.57 Å². The summed E-state index contributed by atoms with van der Waals surface area (Å²) in [5.74, 6) is -2.53. The fourth-order valence-electron chi connectivity index (χ4n) is 0.787. The van der Waals surface area contributed by atoms with Crippen LogP contribution in [0.4, 0.5) is 0 Å². The van der Waals surface area contributed by atoms with Crippen LogP contribution in [-0.2, 0) is 19.1 Å². The summed E-state index contributed by atoms with van der Waals surface area (Å²) in [6, 6.07) is 0. The largest absolute Gasteiger partial charge is 0.481 e. The third kappa shape index (κ3) is 5.58. The normalized spacial score (nSPS) is 11.1. The van der Waals surface area contributed by atoms with Crippen molar-refractivity contribution in [3.63, 3.8) is 0 Å². The van der Waals surface area contributed by atoms with Gasteiger partial charge in [-0.15, -0.1) is 0 Å². The number of carbonyl (C=O) groups is 3. The standard InChI is InChI=1S/C10H13NO5/c1-4-8(12)11-7(3)16-10(15)6(2)5-9(13)14/h4,7H,1-2,5H2,3H3,(H,11,12)(H,13,14). The third-order valence-corrected chi connectivity index (χ3v) is 1.47. The van der Waals surface area contributed by atoms with Crippen molar-refractivity contribution in [3.05, 3.63) is 24.8 Å². The van der Waals surface area contributed by atoms with Crippen molar-refractivity contribution in [3.8, 4) is 0 Å². The number of amides is 1. The summed E-state index contributed by atoms with van der Waals surface area (Å²) in [7, 11) is 0. The quantitative estimate of drug-likeness (QED) is 0.384. The zero-order chi connectivity index (χ0) is 12.7. The summed E-state index contributed by atoms with van der Waals surface area (Å²) >= 11 is 0. The first-order chi connectivity index (χ1) is 7.36. The Balaban J connectivity index is 4.13. The Labute approximate surface area is 92.6 Å². The molecule has 0 radical (unpaired) electrons. The van der Waals surface area contributed by atoms with Gasteiger partial charge in [-0.1, -0.05) is 13.2 Å². The molecule has 0 heterocycles. The van der Waals surface area contributed by atoms with Crippen LogP contribution in [0.15, 0.2) is 24.8 Å². The molecule has 0 bridgehead atoms. The molecule has 0 aromatic heterocycles. The first-order valence-electron chi connectivity index (χ1n) is 4.40. The van der Waals surface area contributed by atoms with E-state index in [-0.39, 0.29) is 5.57 Å². The number of rotatable bonds is 6. The van der Waals surface area contributed by atoms with Crippen molar-refractivity contribution < 1.29 is 24.2 Å². The highest BCUT2D eigenvalue weighted by Gasteiger charge is 2.15. The first kappa shape index (κ1) is 13.9. The summed E-state index contributed by atoms with van der Waals surface area (Å²) in [4.78, 5) is 32.3. The van der Waals surface area contributed by atoms with E-state index in [9.17, 15) is 14.4 Å². The molecule has 2 N–H and O–H groups in total. The Hall–Kier alpha value is -2.11. The van der Waals surface area contributed by atoms with Gasteiger partial charge in [0.1, 0.15) is 0 Å². The van der Waals surface area contributed by atoms with Gasteiger partial charge in [-0.3, -0.25) is 9.59 Å². The van der Waals surface area contributed by atoms with Gasteiger partial charge in [0.05, 0.1) is 6.42 Å². The molecule has 0 aromatic rings. The van der Waals surface area contributed by atoms with Crippen LogP contribution in [0.2, 0.25) is 0 Å². The summed E-state index contributed by atoms with van der Waals surface area (Å²) < 4.78 is 4.70. The second-order valence-electron chi connectivity index (χ2n) is 2.93. The maximum Gasteiger partial charge on any atom is 0.335 e. The average Bonchev–Trinajstić information content (AvgIpc) is 2.16. The highest BCUT2D eigenvalue weighted by molar-refractivity contribution is 5.93. The predicted molar refractivity (Wildman–Crippen MR) is 55.3 cm³/mol. The molecule has 0 saturated carbocycles. The minimum atomic E-state index is -1.18. The number of carboxylic acid groups (broad SMARTS) is 1. The van der Waals surface area contributed by atoms with Crippen LogP contribution in [0.3, 0.4) is 0 Å². The van der Waals surface area contributed by atoms with E-state index >= 15 is 0 Å². The topological polar surface area (TPSA) is 92.7 Å². The monoisotopic (exact) mass is 227 g/mol. The Morgan fingerprint density at radius 1 is 1.50 bits per heavy atom. The van der Waals surface area contributed by atoms with E-state index in [1.54, 1.807) is 0 Å². The summed E-state index contributed by atoms with van der Waals surface area (Å²) in [5.41, 5.74) is -0.188. The minimum absolute atomic E-state index is 0.188. The number of esters is 1. The van der Waals surface area contributed by atoms with Gasteiger partial charge >= 0.3 is 11.9 Å². The lowest BCUT2D eigenvalue weighted by Crippen LogP contribution is -2.35. The molecule has 1 amide bonds. The molecule has 0 aliphatic rings. The van der Waals surface area contributed by atoms with Crippen molar-refractivity contribution in [2.75, 3.05) is 0 Å². The van der Waals surface area contributed by atoms with Crippen LogP contribution in [0.1, 0.15) is 13.3 Å². The predicted octanol–water partition coefficient (Wildman–Crippen LogP) is 0.209. The number of carbonyl (C=O) groups excluding carboxylic acids is 2. The lowest BCUT2D eigenvalue weighted by atomic mass is 10.2. The maximum absolute atomic E-state index is 11.2. The van der Waals surface area contributed by atoms with E-state index < -0.39 is 30.5 Å². The van der Waals surface area contributed by atoms with Crippen LogP contribution in [0, 0.1) is 0 Å². The van der Waals surface area contributed by atoms with Crippen LogP contribution in [-0.4, -0.2) is 29.2 Å². The number of hydrogen-bond acceptors (Lipinski definition) is 4. The Morgan fingerprint density at radius 2 is 2.06 bits per heavy atom. The van der Waals surface area contributed by atoms with E-state index in [0.29, 0.717) is 0 Å². The zero-order valence-electron chi connectivity index (χ0n) is 8.86. The molecule has 1 unspecified atom stereocenters. The van der Waals surface area contributed by atoms with Crippen molar-refractivity contribution in [1.82, 2.24) is 5.32 Å². The lowest BCUT2D eigenvalue weighted by molar-refractivity contribution is -0.148. The highest BCUT2D eigenvalue weighted by Crippen LogP contribution is 2.02. The molecule has 0 aromatic carbocycles. The zero-order valence-corrected chi connectivity index (χ0v) is 8.86. The van der Waals surface area contributed by atoms with Crippen molar-refractivity contribution in [2.24, 2.45) is 0 Å².